The third-order valence-electron chi connectivity index (χ3n) is 5.49. The Labute approximate surface area is 156 Å². The summed E-state index contributed by atoms with van der Waals surface area (Å²) < 4.78 is 6.10. The van der Waals surface area contributed by atoms with E-state index in [0.717, 1.165) is 43.5 Å². The van der Waals surface area contributed by atoms with Crippen molar-refractivity contribution in [2.45, 2.75) is 57.6 Å². The van der Waals surface area contributed by atoms with Gasteiger partial charge in [0.15, 0.2) is 0 Å². The number of likely N-dealkylation sites (tertiary alicyclic amines) is 1. The van der Waals surface area contributed by atoms with Crippen molar-refractivity contribution in [3.8, 4) is 5.75 Å². The van der Waals surface area contributed by atoms with Crippen LogP contribution in [0.3, 0.4) is 0 Å². The van der Waals surface area contributed by atoms with Gasteiger partial charge in [0.05, 0.1) is 12.7 Å². The lowest BCUT2D eigenvalue weighted by molar-refractivity contribution is -0.134. The van der Waals surface area contributed by atoms with Gasteiger partial charge in [-0.1, -0.05) is 25.0 Å². The Morgan fingerprint density at radius 3 is 2.96 bits per heavy atom. The van der Waals surface area contributed by atoms with Gasteiger partial charge in [0.25, 0.3) is 0 Å². The summed E-state index contributed by atoms with van der Waals surface area (Å²) >= 11 is 0. The van der Waals surface area contributed by atoms with Crippen LogP contribution in [0.1, 0.15) is 51.0 Å². The Morgan fingerprint density at radius 1 is 1.38 bits per heavy atom. The largest absolute Gasteiger partial charge is 0.487 e. The maximum Gasteiger partial charge on any atom is 0.225 e. The molecular formula is C21H31N3O2. The van der Waals surface area contributed by atoms with Crippen LogP contribution in [-0.2, 0) is 4.79 Å². The first-order valence-electron chi connectivity index (χ1n) is 9.90. The molecular weight excluding hydrogens is 326 g/mol. The lowest BCUT2D eigenvalue weighted by Gasteiger charge is -2.20. The number of ether oxygens (including phenoxy) is 1. The van der Waals surface area contributed by atoms with Crippen molar-refractivity contribution in [1.82, 2.24) is 15.2 Å². The highest BCUT2D eigenvalue weighted by Crippen LogP contribution is 2.28. The van der Waals surface area contributed by atoms with Crippen LogP contribution in [-0.4, -0.2) is 48.1 Å². The molecule has 1 saturated heterocycles. The molecule has 0 bridgehead atoms. The minimum absolute atomic E-state index is 0.0747. The first-order valence-corrected chi connectivity index (χ1v) is 9.90. The van der Waals surface area contributed by atoms with Crippen molar-refractivity contribution < 1.29 is 9.53 Å². The monoisotopic (exact) mass is 357 g/mol. The second kappa shape index (κ2) is 9.17. The molecule has 2 atom stereocenters. The van der Waals surface area contributed by atoms with E-state index in [1.807, 2.05) is 24.2 Å². The second-order valence-corrected chi connectivity index (χ2v) is 7.58. The van der Waals surface area contributed by atoms with Crippen molar-refractivity contribution >= 4 is 12.0 Å². The molecule has 2 fully saturated rings. The van der Waals surface area contributed by atoms with Gasteiger partial charge >= 0.3 is 0 Å². The fourth-order valence-electron chi connectivity index (χ4n) is 3.77. The van der Waals surface area contributed by atoms with Crippen LogP contribution in [0.2, 0.25) is 0 Å². The molecule has 1 aromatic rings. The van der Waals surface area contributed by atoms with Gasteiger partial charge in [-0.15, -0.1) is 0 Å². The van der Waals surface area contributed by atoms with Gasteiger partial charge in [-0.3, -0.25) is 9.78 Å². The zero-order valence-corrected chi connectivity index (χ0v) is 16.0. The van der Waals surface area contributed by atoms with E-state index >= 15 is 0 Å². The molecule has 1 aromatic heterocycles. The molecule has 2 heterocycles. The average molecular weight is 357 g/mol. The van der Waals surface area contributed by atoms with Gasteiger partial charge in [0.1, 0.15) is 11.9 Å². The first kappa shape index (κ1) is 18.9. The number of nitrogens with zero attached hydrogens (tertiary/aromatic N) is 2. The standard InChI is InChI=1S/C21H31N3O2/c1-16(22-2)6-5-7-17-12-20(14-23-13-17)26-19-10-11-24(15-19)21(25)18-8-3-4-9-18/h5,7,12-14,16,18-19,22H,3-4,6,8-11,15H2,1-2H3/t16-,19-/m0/s1. The Morgan fingerprint density at radius 2 is 2.19 bits per heavy atom. The van der Waals surface area contributed by atoms with Crippen molar-refractivity contribution in [3.63, 3.8) is 0 Å². The Bertz CT molecular complexity index is 625. The molecule has 0 unspecified atom stereocenters. The van der Waals surface area contributed by atoms with E-state index < -0.39 is 0 Å². The number of hydrogen-bond donors (Lipinski definition) is 1. The van der Waals surface area contributed by atoms with Gasteiger partial charge in [0, 0.05) is 31.1 Å². The molecule has 2 aliphatic rings. The molecule has 0 spiro atoms. The molecule has 1 saturated carbocycles. The fourth-order valence-corrected chi connectivity index (χ4v) is 3.77. The number of amides is 1. The summed E-state index contributed by atoms with van der Waals surface area (Å²) in [6.45, 7) is 3.67. The lowest BCUT2D eigenvalue weighted by atomic mass is 10.1. The number of carbonyl (C=O) groups excluding carboxylic acids is 1. The van der Waals surface area contributed by atoms with Gasteiger partial charge < -0.3 is 15.0 Å². The molecule has 142 valence electrons. The molecule has 5 heteroatoms. The van der Waals surface area contributed by atoms with Crippen LogP contribution in [0.15, 0.2) is 24.5 Å². The maximum absolute atomic E-state index is 12.5. The molecule has 0 radical (unpaired) electrons. The number of pyridine rings is 1. The summed E-state index contributed by atoms with van der Waals surface area (Å²) in [6, 6.07) is 2.48. The van der Waals surface area contributed by atoms with Crippen LogP contribution in [0.5, 0.6) is 5.75 Å². The van der Waals surface area contributed by atoms with Crippen molar-refractivity contribution in [3.05, 3.63) is 30.1 Å². The SMILES string of the molecule is CN[C@@H](C)CC=Cc1cncc(O[C@H]2CCN(C(=O)C3CCCC3)C2)c1. The van der Waals surface area contributed by atoms with Gasteiger partial charge in [-0.25, -0.2) is 0 Å². The zero-order valence-electron chi connectivity index (χ0n) is 16.0. The van der Waals surface area contributed by atoms with Crippen molar-refractivity contribution in [2.75, 3.05) is 20.1 Å². The van der Waals surface area contributed by atoms with E-state index in [2.05, 4.69) is 29.4 Å². The van der Waals surface area contributed by atoms with Gasteiger partial charge in [-0.05, 0) is 44.9 Å². The van der Waals surface area contributed by atoms with E-state index in [1.54, 1.807) is 6.20 Å². The van der Waals surface area contributed by atoms with E-state index in [9.17, 15) is 4.79 Å². The summed E-state index contributed by atoms with van der Waals surface area (Å²) in [7, 11) is 1.97. The number of aromatic nitrogens is 1. The zero-order chi connectivity index (χ0) is 18.4. The van der Waals surface area contributed by atoms with E-state index in [1.165, 1.54) is 12.8 Å². The smallest absolute Gasteiger partial charge is 0.225 e. The third-order valence-corrected chi connectivity index (χ3v) is 5.49. The Kier molecular flexibility index (Phi) is 6.67. The summed E-state index contributed by atoms with van der Waals surface area (Å²) in [5, 5.41) is 3.22. The van der Waals surface area contributed by atoms with Crippen LogP contribution in [0.4, 0.5) is 0 Å². The summed E-state index contributed by atoms with van der Waals surface area (Å²) in [4.78, 5) is 18.8. The van der Waals surface area contributed by atoms with Gasteiger partial charge in [-0.2, -0.15) is 0 Å². The number of rotatable bonds is 7. The molecule has 1 aliphatic carbocycles. The normalized spacial score (nSPS) is 22.2. The average Bonchev–Trinajstić information content (AvgIpc) is 3.33. The summed E-state index contributed by atoms with van der Waals surface area (Å²) in [5.41, 5.74) is 1.04. The van der Waals surface area contributed by atoms with Crippen LogP contribution >= 0.6 is 0 Å². The van der Waals surface area contributed by atoms with Crippen molar-refractivity contribution in [1.29, 1.82) is 0 Å². The second-order valence-electron chi connectivity index (χ2n) is 7.58. The van der Waals surface area contributed by atoms with Crippen LogP contribution in [0.25, 0.3) is 6.08 Å². The highest BCUT2D eigenvalue weighted by Gasteiger charge is 2.33. The fraction of sp³-hybridized carbons (Fsp3) is 0.619. The molecule has 1 aliphatic heterocycles. The molecule has 1 amide bonds. The first-order chi connectivity index (χ1) is 12.7. The minimum Gasteiger partial charge on any atom is -0.487 e. The quantitative estimate of drug-likeness (QED) is 0.814. The topological polar surface area (TPSA) is 54.5 Å². The number of carbonyl (C=O) groups is 1. The van der Waals surface area contributed by atoms with E-state index in [4.69, 9.17) is 4.74 Å². The molecule has 26 heavy (non-hydrogen) atoms. The minimum atomic E-state index is 0.0747. The lowest BCUT2D eigenvalue weighted by Crippen LogP contribution is -2.34. The highest BCUT2D eigenvalue weighted by molar-refractivity contribution is 5.79. The van der Waals surface area contributed by atoms with Crippen molar-refractivity contribution in [2.24, 2.45) is 5.92 Å². The van der Waals surface area contributed by atoms with Crippen LogP contribution in [0, 0.1) is 5.92 Å². The number of nitrogens with one attached hydrogen (secondary N) is 1. The maximum atomic E-state index is 12.5. The molecule has 0 aromatic carbocycles. The molecule has 5 nitrogen and oxygen atoms in total. The number of hydrogen-bond acceptors (Lipinski definition) is 4. The van der Waals surface area contributed by atoms with Crippen LogP contribution < -0.4 is 10.1 Å². The molecule has 3 rings (SSSR count). The predicted octanol–water partition coefficient (Wildman–Crippen LogP) is 3.26. The Hall–Kier alpha value is -1.88. The van der Waals surface area contributed by atoms with E-state index in [0.29, 0.717) is 18.5 Å². The summed E-state index contributed by atoms with van der Waals surface area (Å²) in [6.07, 6.45) is 14.3. The van der Waals surface area contributed by atoms with E-state index in [-0.39, 0.29) is 12.0 Å². The van der Waals surface area contributed by atoms with Gasteiger partial charge in [0.2, 0.25) is 5.91 Å². The predicted molar refractivity (Wildman–Crippen MR) is 104 cm³/mol. The third kappa shape index (κ3) is 5.07. The highest BCUT2D eigenvalue weighted by atomic mass is 16.5. The summed E-state index contributed by atoms with van der Waals surface area (Å²) in [5.74, 6) is 1.37. The molecule has 1 N–H and O–H groups in total. The Balaban J connectivity index is 1.51.